The highest BCUT2D eigenvalue weighted by molar-refractivity contribution is 9.10. The SMILES string of the molecule is NC(=S)NN=Cc1ccc(-c2ccc([N+](=O)[O-])cc2Br)o1. The Kier molecular flexibility index (Phi) is 4.66. The number of nitrogens with zero attached hydrogens (tertiary/aromatic N) is 2. The molecule has 0 aliphatic rings. The highest BCUT2D eigenvalue weighted by atomic mass is 79.9. The Morgan fingerprint density at radius 2 is 2.24 bits per heavy atom. The van der Waals surface area contributed by atoms with E-state index in [0.717, 1.165) is 0 Å². The van der Waals surface area contributed by atoms with Crippen molar-refractivity contribution in [3.8, 4) is 11.3 Å². The lowest BCUT2D eigenvalue weighted by molar-refractivity contribution is -0.384. The standard InChI is InChI=1S/C12H9BrN4O3S/c13-10-5-7(17(18)19)1-3-9(10)11-4-2-8(20-11)6-15-16-12(14)21/h1-6H,(H3,14,16,21). The second-order valence-corrected chi connectivity index (χ2v) is 5.15. The van der Waals surface area contributed by atoms with Gasteiger partial charge in [0.2, 0.25) is 0 Å². The van der Waals surface area contributed by atoms with Gasteiger partial charge in [-0.05, 0) is 46.3 Å². The number of halogens is 1. The first kappa shape index (κ1) is 15.1. The minimum atomic E-state index is -0.462. The summed E-state index contributed by atoms with van der Waals surface area (Å²) in [5, 5.41) is 14.5. The normalized spacial score (nSPS) is 10.7. The van der Waals surface area contributed by atoms with Crippen LogP contribution in [0.4, 0.5) is 5.69 Å². The van der Waals surface area contributed by atoms with Crippen LogP contribution in [0.2, 0.25) is 0 Å². The molecule has 0 unspecified atom stereocenters. The van der Waals surface area contributed by atoms with Gasteiger partial charge >= 0.3 is 0 Å². The number of nitro benzene ring substituents is 1. The number of furan rings is 1. The average Bonchev–Trinajstić information content (AvgIpc) is 2.86. The predicted octanol–water partition coefficient (Wildman–Crippen LogP) is 2.78. The van der Waals surface area contributed by atoms with Crippen LogP contribution in [0.5, 0.6) is 0 Å². The van der Waals surface area contributed by atoms with Gasteiger partial charge in [0, 0.05) is 22.2 Å². The van der Waals surface area contributed by atoms with Crippen LogP contribution >= 0.6 is 28.1 Å². The molecule has 1 aromatic carbocycles. The average molecular weight is 369 g/mol. The first-order valence-corrected chi connectivity index (χ1v) is 6.80. The minimum Gasteiger partial charge on any atom is -0.455 e. The summed E-state index contributed by atoms with van der Waals surface area (Å²) in [6, 6.07) is 7.86. The number of nitrogens with two attached hydrogens (primary N) is 1. The van der Waals surface area contributed by atoms with E-state index in [-0.39, 0.29) is 10.8 Å². The maximum absolute atomic E-state index is 10.7. The molecule has 0 bridgehead atoms. The predicted molar refractivity (Wildman–Crippen MR) is 86.0 cm³/mol. The Morgan fingerprint density at radius 3 is 2.86 bits per heavy atom. The number of hydrogen-bond acceptors (Lipinski definition) is 5. The van der Waals surface area contributed by atoms with E-state index in [1.807, 2.05) is 0 Å². The maximum Gasteiger partial charge on any atom is 0.270 e. The Morgan fingerprint density at radius 1 is 1.48 bits per heavy atom. The van der Waals surface area contributed by atoms with E-state index in [1.165, 1.54) is 18.3 Å². The van der Waals surface area contributed by atoms with Gasteiger partial charge in [0.05, 0.1) is 11.1 Å². The first-order chi connectivity index (χ1) is 9.97. The number of thiocarbonyl (C=S) groups is 1. The van der Waals surface area contributed by atoms with Crippen LogP contribution in [0.25, 0.3) is 11.3 Å². The molecule has 3 N–H and O–H groups in total. The number of benzene rings is 1. The van der Waals surface area contributed by atoms with E-state index < -0.39 is 4.92 Å². The van der Waals surface area contributed by atoms with E-state index in [0.29, 0.717) is 21.6 Å². The third-order valence-corrected chi connectivity index (χ3v) is 3.17. The van der Waals surface area contributed by atoms with Crippen molar-refractivity contribution in [2.45, 2.75) is 0 Å². The monoisotopic (exact) mass is 368 g/mol. The highest BCUT2D eigenvalue weighted by Gasteiger charge is 2.12. The number of nitro groups is 1. The molecule has 0 saturated carbocycles. The van der Waals surface area contributed by atoms with Crippen LogP contribution in [-0.2, 0) is 0 Å². The van der Waals surface area contributed by atoms with Crippen LogP contribution in [-0.4, -0.2) is 16.3 Å². The van der Waals surface area contributed by atoms with E-state index in [9.17, 15) is 10.1 Å². The van der Waals surface area contributed by atoms with Crippen molar-refractivity contribution in [3.05, 3.63) is 50.7 Å². The third-order valence-electron chi connectivity index (χ3n) is 2.42. The summed E-state index contributed by atoms with van der Waals surface area (Å²) in [4.78, 5) is 10.2. The van der Waals surface area contributed by atoms with Crippen LogP contribution < -0.4 is 11.2 Å². The molecule has 0 spiro atoms. The fraction of sp³-hybridized carbons (Fsp3) is 0. The molecule has 0 fully saturated rings. The fourth-order valence-electron chi connectivity index (χ4n) is 1.54. The van der Waals surface area contributed by atoms with Crippen molar-refractivity contribution >= 4 is 45.2 Å². The van der Waals surface area contributed by atoms with Gasteiger partial charge in [-0.25, -0.2) is 0 Å². The second-order valence-electron chi connectivity index (χ2n) is 3.86. The van der Waals surface area contributed by atoms with Crippen LogP contribution in [0.1, 0.15) is 5.76 Å². The first-order valence-electron chi connectivity index (χ1n) is 5.60. The van der Waals surface area contributed by atoms with Crippen molar-refractivity contribution in [1.29, 1.82) is 0 Å². The summed E-state index contributed by atoms with van der Waals surface area (Å²) in [5.41, 5.74) is 8.33. The summed E-state index contributed by atoms with van der Waals surface area (Å²) in [7, 11) is 0. The Labute approximate surface area is 133 Å². The Bertz CT molecular complexity index is 729. The van der Waals surface area contributed by atoms with Gasteiger partial charge in [0.15, 0.2) is 5.11 Å². The number of hydrazone groups is 1. The smallest absolute Gasteiger partial charge is 0.270 e. The number of non-ortho nitro benzene ring substituents is 1. The van der Waals surface area contributed by atoms with Crippen molar-refractivity contribution in [3.63, 3.8) is 0 Å². The molecule has 0 amide bonds. The second kappa shape index (κ2) is 6.46. The molecule has 1 heterocycles. The quantitative estimate of drug-likeness (QED) is 0.372. The van der Waals surface area contributed by atoms with Crippen molar-refractivity contribution in [2.24, 2.45) is 10.8 Å². The van der Waals surface area contributed by atoms with Crippen LogP contribution in [0.3, 0.4) is 0 Å². The zero-order valence-electron chi connectivity index (χ0n) is 10.4. The zero-order valence-corrected chi connectivity index (χ0v) is 12.8. The topological polar surface area (TPSA) is 107 Å². The summed E-state index contributed by atoms with van der Waals surface area (Å²) < 4.78 is 6.12. The number of rotatable bonds is 4. The molecule has 9 heteroatoms. The van der Waals surface area contributed by atoms with Gasteiger partial charge in [0.1, 0.15) is 11.5 Å². The Hall–Kier alpha value is -2.26. The lowest BCUT2D eigenvalue weighted by atomic mass is 10.1. The summed E-state index contributed by atoms with van der Waals surface area (Å²) in [6.45, 7) is 0. The number of hydrogen-bond donors (Lipinski definition) is 2. The molecule has 0 aliphatic carbocycles. The van der Waals surface area contributed by atoms with Crippen molar-refractivity contribution < 1.29 is 9.34 Å². The van der Waals surface area contributed by atoms with Gasteiger partial charge in [-0.3, -0.25) is 15.5 Å². The van der Waals surface area contributed by atoms with Crippen LogP contribution in [0.15, 0.2) is 44.3 Å². The molecule has 7 nitrogen and oxygen atoms in total. The molecular formula is C12H9BrN4O3S. The van der Waals surface area contributed by atoms with Gasteiger partial charge in [-0.1, -0.05) is 0 Å². The molecule has 2 rings (SSSR count). The molecule has 21 heavy (non-hydrogen) atoms. The Balaban J connectivity index is 2.23. The van der Waals surface area contributed by atoms with E-state index in [4.69, 9.17) is 10.2 Å². The molecular weight excluding hydrogens is 360 g/mol. The van der Waals surface area contributed by atoms with Crippen LogP contribution in [0, 0.1) is 10.1 Å². The fourth-order valence-corrected chi connectivity index (χ4v) is 2.16. The van der Waals surface area contributed by atoms with Gasteiger partial charge in [-0.15, -0.1) is 0 Å². The lowest BCUT2D eigenvalue weighted by Gasteiger charge is -2.00. The molecule has 0 saturated heterocycles. The van der Waals surface area contributed by atoms with Gasteiger partial charge in [-0.2, -0.15) is 5.10 Å². The summed E-state index contributed by atoms with van der Waals surface area (Å²) >= 11 is 7.89. The summed E-state index contributed by atoms with van der Waals surface area (Å²) in [6.07, 6.45) is 1.42. The molecule has 108 valence electrons. The van der Waals surface area contributed by atoms with E-state index >= 15 is 0 Å². The molecule has 0 aliphatic heterocycles. The summed E-state index contributed by atoms with van der Waals surface area (Å²) in [5.74, 6) is 1.03. The molecule has 0 radical (unpaired) electrons. The number of nitrogens with one attached hydrogen (secondary N) is 1. The van der Waals surface area contributed by atoms with Gasteiger partial charge < -0.3 is 10.2 Å². The zero-order chi connectivity index (χ0) is 15.4. The van der Waals surface area contributed by atoms with Crippen molar-refractivity contribution in [1.82, 2.24) is 5.43 Å². The maximum atomic E-state index is 10.7. The largest absolute Gasteiger partial charge is 0.455 e. The molecule has 1 aromatic heterocycles. The highest BCUT2D eigenvalue weighted by Crippen LogP contribution is 2.32. The lowest BCUT2D eigenvalue weighted by Crippen LogP contribution is -2.23. The molecule has 0 atom stereocenters. The third kappa shape index (κ3) is 3.86. The van der Waals surface area contributed by atoms with Crippen molar-refractivity contribution in [2.75, 3.05) is 0 Å². The van der Waals surface area contributed by atoms with E-state index in [2.05, 4.69) is 38.7 Å². The molecule has 2 aromatic rings. The van der Waals surface area contributed by atoms with Gasteiger partial charge in [0.25, 0.3) is 5.69 Å². The van der Waals surface area contributed by atoms with E-state index in [1.54, 1.807) is 18.2 Å². The minimum absolute atomic E-state index is 0.000347.